The molecule has 1 fully saturated rings. The van der Waals surface area contributed by atoms with Gasteiger partial charge in [0, 0.05) is 19.7 Å². The molecular formula is C12H20N4O2. The van der Waals surface area contributed by atoms with E-state index in [9.17, 15) is 0 Å². The molecule has 0 amide bonds. The van der Waals surface area contributed by atoms with Gasteiger partial charge in [0.25, 0.3) is 0 Å². The van der Waals surface area contributed by atoms with Crippen LogP contribution < -0.4 is 15.4 Å². The average molecular weight is 252 g/mol. The summed E-state index contributed by atoms with van der Waals surface area (Å²) >= 11 is 0. The quantitative estimate of drug-likeness (QED) is 0.846. The van der Waals surface area contributed by atoms with Crippen LogP contribution in [0.4, 0.5) is 11.6 Å². The number of hydrogen-bond donors (Lipinski definition) is 2. The number of methoxy groups -OCH3 is 1. The lowest BCUT2D eigenvalue weighted by Gasteiger charge is -2.28. The average Bonchev–Trinajstić information content (AvgIpc) is 2.38. The second kappa shape index (κ2) is 5.86. The highest BCUT2D eigenvalue weighted by Gasteiger charge is 2.21. The number of hydrogen-bond acceptors (Lipinski definition) is 6. The summed E-state index contributed by atoms with van der Waals surface area (Å²) in [7, 11) is 3.43. The predicted molar refractivity (Wildman–Crippen MR) is 70.2 cm³/mol. The Bertz CT molecular complexity index is 400. The Labute approximate surface area is 107 Å². The number of nitrogens with zero attached hydrogens (tertiary/aromatic N) is 2. The minimum Gasteiger partial charge on any atom is -0.490 e. The fraction of sp³-hybridized carbons (Fsp3) is 0.667. The molecule has 2 N–H and O–H groups in total. The highest BCUT2D eigenvalue weighted by Crippen LogP contribution is 2.30. The second-order valence-electron chi connectivity index (χ2n) is 4.40. The van der Waals surface area contributed by atoms with Gasteiger partial charge in [0.05, 0.1) is 13.2 Å². The van der Waals surface area contributed by atoms with Crippen molar-refractivity contribution in [2.75, 3.05) is 31.4 Å². The van der Waals surface area contributed by atoms with Crippen LogP contribution in [0, 0.1) is 0 Å². The minimum atomic E-state index is 0.285. The predicted octanol–water partition coefficient (Wildman–Crippen LogP) is 1.51. The molecule has 0 bridgehead atoms. The van der Waals surface area contributed by atoms with E-state index in [0.29, 0.717) is 17.6 Å². The van der Waals surface area contributed by atoms with Crippen LogP contribution in [0.25, 0.3) is 0 Å². The monoisotopic (exact) mass is 252 g/mol. The van der Waals surface area contributed by atoms with Gasteiger partial charge in [0.1, 0.15) is 6.33 Å². The molecule has 0 radical (unpaired) electrons. The molecule has 1 aromatic heterocycles. The molecule has 1 aliphatic rings. The second-order valence-corrected chi connectivity index (χ2v) is 4.40. The van der Waals surface area contributed by atoms with E-state index in [2.05, 4.69) is 27.5 Å². The van der Waals surface area contributed by atoms with Crippen molar-refractivity contribution in [3.8, 4) is 5.75 Å². The van der Waals surface area contributed by atoms with Crippen LogP contribution in [0.2, 0.25) is 0 Å². The van der Waals surface area contributed by atoms with Crippen molar-refractivity contribution < 1.29 is 9.47 Å². The fourth-order valence-corrected chi connectivity index (χ4v) is 2.17. The number of ether oxygens (including phenoxy) is 2. The number of nitrogens with one attached hydrogen (secondary N) is 2. The maximum atomic E-state index is 5.53. The molecule has 2 unspecified atom stereocenters. The smallest absolute Gasteiger partial charge is 0.204 e. The lowest BCUT2D eigenvalue weighted by atomic mass is 10.0. The minimum absolute atomic E-state index is 0.285. The van der Waals surface area contributed by atoms with Gasteiger partial charge in [0.15, 0.2) is 11.6 Å². The molecule has 2 atom stereocenters. The first kappa shape index (κ1) is 12.9. The molecule has 6 heteroatoms. The normalized spacial score (nSPS) is 23.5. The molecule has 0 saturated carbocycles. The van der Waals surface area contributed by atoms with E-state index >= 15 is 0 Å². The standard InChI is InChI=1S/C12H20N4O2/c1-8-6-9(4-5-18-8)16-12-10(17-3)11(13-2)14-7-15-12/h7-9H,4-6H2,1-3H3,(H2,13,14,15,16). The van der Waals surface area contributed by atoms with Crippen LogP contribution in [-0.4, -0.2) is 42.9 Å². The van der Waals surface area contributed by atoms with E-state index in [1.165, 1.54) is 6.33 Å². The molecular weight excluding hydrogens is 232 g/mol. The van der Waals surface area contributed by atoms with Gasteiger partial charge in [-0.3, -0.25) is 0 Å². The third-order valence-electron chi connectivity index (χ3n) is 3.07. The van der Waals surface area contributed by atoms with Crippen LogP contribution in [0.3, 0.4) is 0 Å². The summed E-state index contributed by atoms with van der Waals surface area (Å²) in [6.45, 7) is 2.87. The highest BCUT2D eigenvalue weighted by atomic mass is 16.5. The summed E-state index contributed by atoms with van der Waals surface area (Å²) in [6, 6.07) is 0.363. The van der Waals surface area contributed by atoms with E-state index in [4.69, 9.17) is 9.47 Å². The third-order valence-corrected chi connectivity index (χ3v) is 3.07. The molecule has 0 aromatic carbocycles. The lowest BCUT2D eigenvalue weighted by Crippen LogP contribution is -2.32. The summed E-state index contributed by atoms with van der Waals surface area (Å²) in [5.74, 6) is 2.07. The molecule has 1 aliphatic heterocycles. The summed E-state index contributed by atoms with van der Waals surface area (Å²) in [6.07, 6.45) is 3.77. The van der Waals surface area contributed by atoms with E-state index < -0.39 is 0 Å². The van der Waals surface area contributed by atoms with Crippen LogP contribution >= 0.6 is 0 Å². The maximum Gasteiger partial charge on any atom is 0.204 e. The molecule has 2 heterocycles. The van der Waals surface area contributed by atoms with Gasteiger partial charge in [0.2, 0.25) is 5.75 Å². The van der Waals surface area contributed by atoms with Crippen LogP contribution in [-0.2, 0) is 4.74 Å². The van der Waals surface area contributed by atoms with Crippen molar-refractivity contribution in [3.63, 3.8) is 0 Å². The summed E-state index contributed by atoms with van der Waals surface area (Å²) in [5.41, 5.74) is 0. The van der Waals surface area contributed by atoms with Crippen LogP contribution in [0.1, 0.15) is 19.8 Å². The van der Waals surface area contributed by atoms with Crippen molar-refractivity contribution in [1.82, 2.24) is 9.97 Å². The van der Waals surface area contributed by atoms with Crippen LogP contribution in [0.15, 0.2) is 6.33 Å². The Balaban J connectivity index is 2.12. The Morgan fingerprint density at radius 2 is 2.17 bits per heavy atom. The largest absolute Gasteiger partial charge is 0.490 e. The third kappa shape index (κ3) is 2.81. The van der Waals surface area contributed by atoms with Gasteiger partial charge in [-0.2, -0.15) is 0 Å². The van der Waals surface area contributed by atoms with Gasteiger partial charge >= 0.3 is 0 Å². The first-order chi connectivity index (χ1) is 8.74. The SMILES string of the molecule is CNc1ncnc(NC2CCOC(C)C2)c1OC. The van der Waals surface area contributed by atoms with Crippen molar-refractivity contribution in [2.24, 2.45) is 0 Å². The van der Waals surface area contributed by atoms with Crippen LogP contribution in [0.5, 0.6) is 5.75 Å². The Hall–Kier alpha value is -1.56. The highest BCUT2D eigenvalue weighted by molar-refractivity contribution is 5.63. The first-order valence-corrected chi connectivity index (χ1v) is 6.19. The first-order valence-electron chi connectivity index (χ1n) is 6.19. The zero-order valence-corrected chi connectivity index (χ0v) is 11.1. The molecule has 2 rings (SSSR count). The zero-order chi connectivity index (χ0) is 13.0. The summed E-state index contributed by atoms with van der Waals surface area (Å²) < 4.78 is 10.9. The van der Waals surface area contributed by atoms with Gasteiger partial charge in [-0.15, -0.1) is 0 Å². The van der Waals surface area contributed by atoms with Crippen molar-refractivity contribution in [3.05, 3.63) is 6.33 Å². The fourth-order valence-electron chi connectivity index (χ4n) is 2.17. The van der Waals surface area contributed by atoms with Gasteiger partial charge < -0.3 is 20.1 Å². The number of anilines is 2. The summed E-state index contributed by atoms with van der Waals surface area (Å²) in [4.78, 5) is 8.37. The Kier molecular flexibility index (Phi) is 4.19. The number of aromatic nitrogens is 2. The molecule has 0 aliphatic carbocycles. The van der Waals surface area contributed by atoms with Crippen molar-refractivity contribution in [2.45, 2.75) is 31.9 Å². The van der Waals surface area contributed by atoms with Crippen molar-refractivity contribution >= 4 is 11.6 Å². The molecule has 1 aromatic rings. The van der Waals surface area contributed by atoms with E-state index in [-0.39, 0.29) is 6.10 Å². The molecule has 6 nitrogen and oxygen atoms in total. The topological polar surface area (TPSA) is 68.3 Å². The van der Waals surface area contributed by atoms with Crippen molar-refractivity contribution in [1.29, 1.82) is 0 Å². The van der Waals surface area contributed by atoms with E-state index in [1.807, 2.05) is 7.05 Å². The van der Waals surface area contributed by atoms with Gasteiger partial charge in [-0.05, 0) is 19.8 Å². The molecule has 18 heavy (non-hydrogen) atoms. The summed E-state index contributed by atoms with van der Waals surface area (Å²) in [5, 5.41) is 6.40. The lowest BCUT2D eigenvalue weighted by molar-refractivity contribution is 0.0231. The Morgan fingerprint density at radius 3 is 2.83 bits per heavy atom. The maximum absolute atomic E-state index is 5.53. The molecule has 1 saturated heterocycles. The van der Waals surface area contributed by atoms with E-state index in [1.54, 1.807) is 7.11 Å². The van der Waals surface area contributed by atoms with Gasteiger partial charge in [-0.25, -0.2) is 9.97 Å². The van der Waals surface area contributed by atoms with Gasteiger partial charge in [-0.1, -0.05) is 0 Å². The molecule has 0 spiro atoms. The number of rotatable bonds is 4. The zero-order valence-electron chi connectivity index (χ0n) is 11.1. The Morgan fingerprint density at radius 1 is 1.39 bits per heavy atom. The van der Waals surface area contributed by atoms with E-state index in [0.717, 1.165) is 25.3 Å². The molecule has 100 valence electrons.